The van der Waals surface area contributed by atoms with Gasteiger partial charge in [-0.2, -0.15) is 11.8 Å². The first-order valence-corrected chi connectivity index (χ1v) is 6.62. The first kappa shape index (κ1) is 12.3. The van der Waals surface area contributed by atoms with Gasteiger partial charge in [0, 0.05) is 30.6 Å². The van der Waals surface area contributed by atoms with E-state index >= 15 is 0 Å². The molecule has 2 nitrogen and oxygen atoms in total. The average molecular weight is 217 g/mol. The van der Waals surface area contributed by atoms with Crippen LogP contribution in [-0.2, 0) is 0 Å². The normalized spacial score (nSPS) is 25.3. The molecule has 0 radical (unpaired) electrons. The topological polar surface area (TPSA) is 23.5 Å². The molecule has 1 saturated heterocycles. The van der Waals surface area contributed by atoms with Crippen LogP contribution in [0.25, 0.3) is 0 Å². The second-order valence-corrected chi connectivity index (χ2v) is 6.17. The molecule has 3 heteroatoms. The second-order valence-electron chi connectivity index (χ2n) is 4.76. The van der Waals surface area contributed by atoms with Gasteiger partial charge < -0.3 is 10.0 Å². The molecule has 0 spiro atoms. The number of rotatable bonds is 4. The molecule has 1 unspecified atom stereocenters. The van der Waals surface area contributed by atoms with E-state index in [0.29, 0.717) is 0 Å². The summed E-state index contributed by atoms with van der Waals surface area (Å²) in [6, 6.07) is 0. The maximum absolute atomic E-state index is 9.64. The minimum Gasteiger partial charge on any atom is -0.390 e. The summed E-state index contributed by atoms with van der Waals surface area (Å²) in [7, 11) is 0. The first-order valence-electron chi connectivity index (χ1n) is 5.57. The van der Waals surface area contributed by atoms with E-state index in [1.54, 1.807) is 0 Å². The van der Waals surface area contributed by atoms with Gasteiger partial charge in [-0.05, 0) is 26.7 Å². The Balaban J connectivity index is 2.24. The molecule has 84 valence electrons. The summed E-state index contributed by atoms with van der Waals surface area (Å²) in [4.78, 5) is 2.49. The van der Waals surface area contributed by atoms with Gasteiger partial charge >= 0.3 is 0 Å². The van der Waals surface area contributed by atoms with Gasteiger partial charge in [-0.3, -0.25) is 0 Å². The Morgan fingerprint density at radius 2 is 2.21 bits per heavy atom. The van der Waals surface area contributed by atoms with Crippen LogP contribution in [0.5, 0.6) is 0 Å². The fraction of sp³-hybridized carbons (Fsp3) is 1.00. The summed E-state index contributed by atoms with van der Waals surface area (Å²) in [5.74, 6) is 1.25. The lowest BCUT2D eigenvalue weighted by molar-refractivity contribution is 0.0580. The van der Waals surface area contributed by atoms with Crippen LogP contribution >= 0.6 is 11.8 Å². The zero-order chi connectivity index (χ0) is 10.6. The molecule has 0 aliphatic carbocycles. The third-order valence-electron chi connectivity index (χ3n) is 2.72. The van der Waals surface area contributed by atoms with E-state index in [1.165, 1.54) is 25.3 Å². The summed E-state index contributed by atoms with van der Waals surface area (Å²) in [5, 5.41) is 10.5. The van der Waals surface area contributed by atoms with Crippen LogP contribution < -0.4 is 0 Å². The lowest BCUT2D eigenvalue weighted by Crippen LogP contribution is -2.40. The van der Waals surface area contributed by atoms with E-state index < -0.39 is 5.60 Å². The molecule has 0 saturated carbocycles. The van der Waals surface area contributed by atoms with Gasteiger partial charge in [-0.25, -0.2) is 0 Å². The molecule has 1 N–H and O–H groups in total. The molecule has 1 fully saturated rings. The van der Waals surface area contributed by atoms with Crippen LogP contribution in [0.15, 0.2) is 0 Å². The van der Waals surface area contributed by atoms with Crippen LogP contribution in [0, 0.1) is 0 Å². The van der Waals surface area contributed by atoms with Crippen molar-refractivity contribution in [2.45, 2.75) is 44.5 Å². The molecular weight excluding hydrogens is 194 g/mol. The Morgan fingerprint density at radius 1 is 1.50 bits per heavy atom. The van der Waals surface area contributed by atoms with E-state index in [1.807, 2.05) is 13.8 Å². The zero-order valence-electron chi connectivity index (χ0n) is 9.62. The molecule has 1 atom stereocenters. The first-order chi connectivity index (χ1) is 6.51. The summed E-state index contributed by atoms with van der Waals surface area (Å²) >= 11 is 2.10. The quantitative estimate of drug-likeness (QED) is 0.779. The van der Waals surface area contributed by atoms with Crippen molar-refractivity contribution in [3.8, 4) is 0 Å². The van der Waals surface area contributed by atoms with E-state index in [-0.39, 0.29) is 0 Å². The summed E-state index contributed by atoms with van der Waals surface area (Å²) in [6.45, 7) is 9.48. The van der Waals surface area contributed by atoms with Gasteiger partial charge in [-0.1, -0.05) is 6.92 Å². The summed E-state index contributed by atoms with van der Waals surface area (Å²) in [6.07, 6.45) is 2.15. The lowest BCUT2D eigenvalue weighted by atomic mass is 10.1. The second kappa shape index (κ2) is 5.38. The van der Waals surface area contributed by atoms with Crippen LogP contribution in [0.3, 0.4) is 0 Å². The van der Waals surface area contributed by atoms with E-state index in [4.69, 9.17) is 0 Å². The molecule has 1 rings (SSSR count). The van der Waals surface area contributed by atoms with Crippen LogP contribution in [0.2, 0.25) is 0 Å². The van der Waals surface area contributed by atoms with Crippen LogP contribution in [-0.4, -0.2) is 46.2 Å². The minimum absolute atomic E-state index is 0.508. The van der Waals surface area contributed by atoms with Crippen molar-refractivity contribution in [1.82, 2.24) is 4.90 Å². The third-order valence-corrected chi connectivity index (χ3v) is 4.09. The Kier molecular flexibility index (Phi) is 4.74. The fourth-order valence-corrected chi connectivity index (χ4v) is 2.91. The van der Waals surface area contributed by atoms with Crippen LogP contribution in [0.4, 0.5) is 0 Å². The number of thioether (sulfide) groups is 1. The molecule has 0 aromatic heterocycles. The highest BCUT2D eigenvalue weighted by atomic mass is 32.2. The maximum atomic E-state index is 9.64. The van der Waals surface area contributed by atoms with Crippen molar-refractivity contribution < 1.29 is 5.11 Å². The number of aliphatic hydroxyl groups is 1. The molecule has 1 heterocycles. The number of hydrogen-bond donors (Lipinski definition) is 1. The Bertz CT molecular complexity index is 167. The number of nitrogens with zero attached hydrogens (tertiary/aromatic N) is 1. The molecule has 14 heavy (non-hydrogen) atoms. The largest absolute Gasteiger partial charge is 0.390 e. The predicted octanol–water partition coefficient (Wildman–Crippen LogP) is 1.97. The molecule has 0 aromatic carbocycles. The van der Waals surface area contributed by atoms with Gasteiger partial charge in [0.2, 0.25) is 0 Å². The Morgan fingerprint density at radius 3 is 2.79 bits per heavy atom. The number of hydrogen-bond acceptors (Lipinski definition) is 3. The average Bonchev–Trinajstić information content (AvgIpc) is 2.14. The van der Waals surface area contributed by atoms with Gasteiger partial charge in [-0.15, -0.1) is 0 Å². The highest BCUT2D eigenvalue weighted by Gasteiger charge is 2.21. The van der Waals surface area contributed by atoms with Crippen molar-refractivity contribution in [2.24, 2.45) is 0 Å². The SMILES string of the molecule is CCC1CN(CCC(C)(C)O)CCS1. The molecule has 1 aliphatic rings. The van der Waals surface area contributed by atoms with Crippen molar-refractivity contribution in [3.05, 3.63) is 0 Å². The molecule has 0 bridgehead atoms. The van der Waals surface area contributed by atoms with E-state index in [0.717, 1.165) is 18.2 Å². The zero-order valence-corrected chi connectivity index (χ0v) is 10.4. The van der Waals surface area contributed by atoms with E-state index in [9.17, 15) is 5.11 Å². The van der Waals surface area contributed by atoms with Crippen LogP contribution in [0.1, 0.15) is 33.6 Å². The Hall–Kier alpha value is 0.270. The van der Waals surface area contributed by atoms with Crippen molar-refractivity contribution in [3.63, 3.8) is 0 Å². The monoisotopic (exact) mass is 217 g/mol. The highest BCUT2D eigenvalue weighted by Crippen LogP contribution is 2.21. The summed E-state index contributed by atoms with van der Waals surface area (Å²) in [5.41, 5.74) is -0.508. The minimum atomic E-state index is -0.508. The van der Waals surface area contributed by atoms with Gasteiger partial charge in [0.15, 0.2) is 0 Å². The molecule has 0 amide bonds. The molecule has 0 aromatic rings. The van der Waals surface area contributed by atoms with E-state index in [2.05, 4.69) is 23.6 Å². The molecular formula is C11H23NOS. The van der Waals surface area contributed by atoms with Crippen molar-refractivity contribution in [2.75, 3.05) is 25.4 Å². The van der Waals surface area contributed by atoms with Gasteiger partial charge in [0.05, 0.1) is 5.60 Å². The van der Waals surface area contributed by atoms with Gasteiger partial charge in [0.1, 0.15) is 0 Å². The van der Waals surface area contributed by atoms with Crippen molar-refractivity contribution >= 4 is 11.8 Å². The molecule has 1 aliphatic heterocycles. The highest BCUT2D eigenvalue weighted by molar-refractivity contribution is 8.00. The lowest BCUT2D eigenvalue weighted by Gasteiger charge is -2.33. The fourth-order valence-electron chi connectivity index (χ4n) is 1.66. The van der Waals surface area contributed by atoms with Gasteiger partial charge in [0.25, 0.3) is 0 Å². The Labute approximate surface area is 92.1 Å². The predicted molar refractivity (Wildman–Crippen MR) is 63.9 cm³/mol. The standard InChI is InChI=1S/C11H23NOS/c1-4-10-9-12(7-8-14-10)6-5-11(2,3)13/h10,13H,4-9H2,1-3H3. The third kappa shape index (κ3) is 4.67. The summed E-state index contributed by atoms with van der Waals surface area (Å²) < 4.78 is 0. The smallest absolute Gasteiger partial charge is 0.0603 e. The van der Waals surface area contributed by atoms with Crippen molar-refractivity contribution in [1.29, 1.82) is 0 Å². The maximum Gasteiger partial charge on any atom is 0.0603 e.